The number of halogens is 1. The lowest BCUT2D eigenvalue weighted by molar-refractivity contribution is 0.0275. The number of likely N-dealkylation sites (tertiary alicyclic amines) is 1. The third kappa shape index (κ3) is 7.46. The van der Waals surface area contributed by atoms with Gasteiger partial charge in [-0.3, -0.25) is 0 Å². The molecule has 1 fully saturated rings. The molecule has 1 aromatic rings. The van der Waals surface area contributed by atoms with Crippen LogP contribution in [0.15, 0.2) is 10.8 Å². The first-order chi connectivity index (χ1) is 12.4. The van der Waals surface area contributed by atoms with Crippen LogP contribution in [0.25, 0.3) is 0 Å². The van der Waals surface area contributed by atoms with Crippen molar-refractivity contribution in [3.05, 3.63) is 10.8 Å². The first-order valence-electron chi connectivity index (χ1n) is 9.38. The summed E-state index contributed by atoms with van der Waals surface area (Å²) in [6, 6.07) is 1.12. The number of amides is 1. The summed E-state index contributed by atoms with van der Waals surface area (Å²) in [7, 11) is -1.09. The highest BCUT2D eigenvalue weighted by molar-refractivity contribution is 9.10. The van der Waals surface area contributed by atoms with Crippen LogP contribution in [0.4, 0.5) is 4.79 Å². The summed E-state index contributed by atoms with van der Waals surface area (Å²) in [6.07, 6.45) is 2.09. The highest BCUT2D eigenvalue weighted by atomic mass is 79.9. The van der Waals surface area contributed by atoms with Crippen molar-refractivity contribution in [3.8, 4) is 5.75 Å². The highest BCUT2D eigenvalue weighted by Crippen LogP contribution is 2.28. The van der Waals surface area contributed by atoms with Gasteiger partial charge in [0.05, 0.1) is 12.7 Å². The molecular formula is C18H32BrN3O4Si. The Bertz CT molecular complexity index is 640. The van der Waals surface area contributed by atoms with Crippen molar-refractivity contribution < 1.29 is 19.0 Å². The van der Waals surface area contributed by atoms with Gasteiger partial charge in [0.15, 0.2) is 5.75 Å². The number of carbonyl (C=O) groups excluding carboxylic acids is 1. The van der Waals surface area contributed by atoms with Crippen LogP contribution < -0.4 is 4.74 Å². The molecule has 0 saturated carbocycles. The molecule has 1 aliphatic heterocycles. The maximum atomic E-state index is 12.2. The van der Waals surface area contributed by atoms with Gasteiger partial charge in [-0.15, -0.1) is 0 Å². The molecule has 0 radical (unpaired) electrons. The summed E-state index contributed by atoms with van der Waals surface area (Å²) in [5.41, 5.74) is -0.490. The molecule has 154 valence electrons. The van der Waals surface area contributed by atoms with Gasteiger partial charge in [-0.1, -0.05) is 19.6 Å². The molecule has 2 heterocycles. The number of hydrogen-bond donors (Lipinski definition) is 0. The van der Waals surface area contributed by atoms with Gasteiger partial charge in [-0.05, 0) is 42.7 Å². The molecule has 27 heavy (non-hydrogen) atoms. The summed E-state index contributed by atoms with van der Waals surface area (Å²) in [4.78, 5) is 13.8. The van der Waals surface area contributed by atoms with Crippen molar-refractivity contribution in [1.29, 1.82) is 0 Å². The van der Waals surface area contributed by atoms with E-state index in [0.29, 0.717) is 25.6 Å². The van der Waals surface area contributed by atoms with Gasteiger partial charge >= 0.3 is 6.09 Å². The van der Waals surface area contributed by atoms with Crippen LogP contribution in [0, 0.1) is 0 Å². The fraction of sp³-hybridized carbons (Fsp3) is 0.778. The highest BCUT2D eigenvalue weighted by Gasteiger charge is 2.31. The van der Waals surface area contributed by atoms with Crippen molar-refractivity contribution in [3.63, 3.8) is 0 Å². The molecule has 1 atom stereocenters. The van der Waals surface area contributed by atoms with Gasteiger partial charge < -0.3 is 19.1 Å². The molecule has 2 rings (SSSR count). The van der Waals surface area contributed by atoms with E-state index in [2.05, 4.69) is 40.7 Å². The Balaban J connectivity index is 1.81. The molecule has 1 aromatic heterocycles. The van der Waals surface area contributed by atoms with Crippen molar-refractivity contribution in [2.24, 2.45) is 0 Å². The third-order valence-corrected chi connectivity index (χ3v) is 6.55. The fourth-order valence-corrected chi connectivity index (χ4v) is 3.69. The Labute approximate surface area is 171 Å². The summed E-state index contributed by atoms with van der Waals surface area (Å²) in [6.45, 7) is 14.9. The van der Waals surface area contributed by atoms with Crippen LogP contribution in [0.2, 0.25) is 25.7 Å². The first kappa shape index (κ1) is 22.2. The number of hydrogen-bond acceptors (Lipinski definition) is 5. The maximum absolute atomic E-state index is 12.2. The van der Waals surface area contributed by atoms with Crippen molar-refractivity contribution in [2.75, 3.05) is 19.7 Å². The average molecular weight is 462 g/mol. The van der Waals surface area contributed by atoms with Gasteiger partial charge in [0.25, 0.3) is 0 Å². The Morgan fingerprint density at radius 2 is 2.07 bits per heavy atom. The molecule has 1 amide bonds. The molecule has 1 unspecified atom stereocenters. The SMILES string of the molecule is CC(C)(C)OC(=O)N1CCC(Oc2cnn(COCC[Si](C)(C)C)c2Br)C1. The lowest BCUT2D eigenvalue weighted by Crippen LogP contribution is -2.36. The van der Waals surface area contributed by atoms with Gasteiger partial charge in [0.1, 0.15) is 23.0 Å². The van der Waals surface area contributed by atoms with Crippen LogP contribution in [-0.4, -0.2) is 60.2 Å². The topological polar surface area (TPSA) is 65.8 Å². The van der Waals surface area contributed by atoms with Crippen molar-refractivity contribution >= 4 is 30.1 Å². The number of aromatic nitrogens is 2. The second kappa shape index (κ2) is 8.96. The third-order valence-electron chi connectivity index (χ3n) is 4.04. The lowest BCUT2D eigenvalue weighted by atomic mass is 10.2. The zero-order valence-corrected chi connectivity index (χ0v) is 19.8. The number of nitrogens with zero attached hydrogens (tertiary/aromatic N) is 3. The molecule has 9 heteroatoms. The minimum atomic E-state index is -1.09. The van der Waals surface area contributed by atoms with Crippen LogP contribution in [0.1, 0.15) is 27.2 Å². The van der Waals surface area contributed by atoms with Crippen LogP contribution in [0.5, 0.6) is 5.75 Å². The molecule has 1 saturated heterocycles. The molecule has 0 aliphatic carbocycles. The normalized spacial score (nSPS) is 18.0. The molecule has 0 N–H and O–H groups in total. The summed E-state index contributed by atoms with van der Waals surface area (Å²) in [5.74, 6) is 0.667. The van der Waals surface area contributed by atoms with E-state index in [9.17, 15) is 4.79 Å². The predicted molar refractivity (Wildman–Crippen MR) is 111 cm³/mol. The Kier molecular flexibility index (Phi) is 7.38. The molecule has 0 bridgehead atoms. The monoisotopic (exact) mass is 461 g/mol. The molecule has 1 aliphatic rings. The van der Waals surface area contributed by atoms with Crippen molar-refractivity contribution in [1.82, 2.24) is 14.7 Å². The van der Waals surface area contributed by atoms with Gasteiger partial charge in [-0.2, -0.15) is 5.10 Å². The van der Waals surface area contributed by atoms with Gasteiger partial charge in [0.2, 0.25) is 0 Å². The van der Waals surface area contributed by atoms with Gasteiger partial charge in [0, 0.05) is 27.6 Å². The van der Waals surface area contributed by atoms with Crippen molar-refractivity contribution in [2.45, 2.75) is 71.3 Å². The molecule has 0 aromatic carbocycles. The van der Waals surface area contributed by atoms with Crippen LogP contribution in [-0.2, 0) is 16.2 Å². The Morgan fingerprint density at radius 1 is 1.37 bits per heavy atom. The molecular weight excluding hydrogens is 430 g/mol. The fourth-order valence-electron chi connectivity index (χ4n) is 2.55. The zero-order chi connectivity index (χ0) is 20.2. The van der Waals surface area contributed by atoms with Gasteiger partial charge in [-0.25, -0.2) is 9.48 Å². The van der Waals surface area contributed by atoms with E-state index in [1.165, 1.54) is 0 Å². The van der Waals surface area contributed by atoms with E-state index >= 15 is 0 Å². The first-order valence-corrected chi connectivity index (χ1v) is 13.9. The molecule has 0 spiro atoms. The zero-order valence-electron chi connectivity index (χ0n) is 17.2. The average Bonchev–Trinajstić information content (AvgIpc) is 3.10. The van der Waals surface area contributed by atoms with E-state index in [1.54, 1.807) is 15.8 Å². The second-order valence-corrected chi connectivity index (χ2v) is 15.5. The predicted octanol–water partition coefficient (Wildman–Crippen LogP) is 4.35. The maximum Gasteiger partial charge on any atom is 0.410 e. The summed E-state index contributed by atoms with van der Waals surface area (Å²) in [5, 5.41) is 4.32. The van der Waals surface area contributed by atoms with E-state index in [1.807, 2.05) is 20.8 Å². The Morgan fingerprint density at radius 3 is 2.70 bits per heavy atom. The minimum absolute atomic E-state index is 0.0701. The quantitative estimate of drug-likeness (QED) is 0.445. The molecule has 7 nitrogen and oxygen atoms in total. The Hall–Kier alpha value is -1.06. The van der Waals surface area contributed by atoms with E-state index in [-0.39, 0.29) is 12.2 Å². The van der Waals surface area contributed by atoms with E-state index in [0.717, 1.165) is 23.7 Å². The summed E-state index contributed by atoms with van der Waals surface area (Å²) >= 11 is 3.53. The number of rotatable bonds is 7. The van der Waals surface area contributed by atoms with E-state index < -0.39 is 13.7 Å². The van der Waals surface area contributed by atoms with Crippen LogP contribution >= 0.6 is 15.9 Å². The number of ether oxygens (including phenoxy) is 3. The second-order valence-electron chi connectivity index (χ2n) is 9.10. The van der Waals surface area contributed by atoms with E-state index in [4.69, 9.17) is 14.2 Å². The van der Waals surface area contributed by atoms with Crippen LogP contribution in [0.3, 0.4) is 0 Å². The summed E-state index contributed by atoms with van der Waals surface area (Å²) < 4.78 is 19.7. The lowest BCUT2D eigenvalue weighted by Gasteiger charge is -2.24. The standard InChI is InChI=1S/C18H32BrN3O4Si/c1-18(2,3)26-17(23)21-8-7-14(12-21)25-15-11-20-22(16(15)19)13-24-9-10-27(4,5)6/h11,14H,7-10,12-13H2,1-6H3. The largest absolute Gasteiger partial charge is 0.484 e. The minimum Gasteiger partial charge on any atom is -0.484 e. The smallest absolute Gasteiger partial charge is 0.410 e. The number of carbonyl (C=O) groups is 1.